The Hall–Kier alpha value is -1.57. The van der Waals surface area contributed by atoms with Crippen LogP contribution in [0.5, 0.6) is 0 Å². The predicted molar refractivity (Wildman–Crippen MR) is 100 cm³/mol. The van der Waals surface area contributed by atoms with Crippen molar-refractivity contribution in [2.75, 3.05) is 7.11 Å². The third-order valence-electron chi connectivity index (χ3n) is 3.42. The summed E-state index contributed by atoms with van der Waals surface area (Å²) in [6.07, 6.45) is 28.2. The van der Waals surface area contributed by atoms with Crippen LogP contribution in [0.2, 0.25) is 0 Å². The Balaban J connectivity index is 3.33. The number of allylic oxidation sites excluding steroid dienone is 8. The summed E-state index contributed by atoms with van der Waals surface area (Å²) < 4.78 is 4.60. The number of methoxy groups -OCH3 is 1. The normalized spacial score (nSPS) is 12.3. The van der Waals surface area contributed by atoms with Gasteiger partial charge in [0.05, 0.1) is 7.11 Å². The summed E-state index contributed by atoms with van der Waals surface area (Å²) in [6.45, 7) is 2.16. The molecule has 130 valence electrons. The standard InChI is InChI=1S/C21H34O2/c1-3-4-5-6-7-8-9-10-11-12-13-14-15-16-17-18-19-20-21(22)23-2/h4-5,7-8,10-11,16-17H,3,6,9,12-15,18-20H2,1-2H3/b5-4?,8-7?,11-10?,17-16-. The largest absolute Gasteiger partial charge is 0.469 e. The van der Waals surface area contributed by atoms with Crippen molar-refractivity contribution in [3.05, 3.63) is 48.6 Å². The lowest BCUT2D eigenvalue weighted by Crippen LogP contribution is -1.98. The number of esters is 1. The van der Waals surface area contributed by atoms with Gasteiger partial charge in [0.1, 0.15) is 0 Å². The van der Waals surface area contributed by atoms with Gasteiger partial charge in [-0.3, -0.25) is 4.79 Å². The maximum Gasteiger partial charge on any atom is 0.305 e. The van der Waals surface area contributed by atoms with Gasteiger partial charge in [0.2, 0.25) is 0 Å². The zero-order valence-corrected chi connectivity index (χ0v) is 15.0. The minimum Gasteiger partial charge on any atom is -0.469 e. The van der Waals surface area contributed by atoms with Crippen molar-refractivity contribution in [3.63, 3.8) is 0 Å². The highest BCUT2D eigenvalue weighted by Crippen LogP contribution is 2.04. The minimum atomic E-state index is -0.113. The Morgan fingerprint density at radius 1 is 0.739 bits per heavy atom. The van der Waals surface area contributed by atoms with E-state index in [0.29, 0.717) is 6.42 Å². The molecule has 2 heteroatoms. The molecule has 0 unspecified atom stereocenters. The van der Waals surface area contributed by atoms with E-state index in [1.165, 1.54) is 26.4 Å². The molecule has 0 aliphatic heterocycles. The van der Waals surface area contributed by atoms with Crippen molar-refractivity contribution in [3.8, 4) is 0 Å². The Bertz CT molecular complexity index is 375. The van der Waals surface area contributed by atoms with E-state index in [9.17, 15) is 4.79 Å². The highest BCUT2D eigenvalue weighted by atomic mass is 16.5. The second-order valence-electron chi connectivity index (χ2n) is 5.52. The van der Waals surface area contributed by atoms with E-state index >= 15 is 0 Å². The molecule has 0 saturated heterocycles. The lowest BCUT2D eigenvalue weighted by molar-refractivity contribution is -0.140. The molecule has 0 radical (unpaired) electrons. The molecule has 0 aromatic rings. The second kappa shape index (κ2) is 18.5. The molecule has 0 spiro atoms. The average molecular weight is 319 g/mol. The van der Waals surface area contributed by atoms with Crippen LogP contribution in [0, 0.1) is 0 Å². The molecule has 23 heavy (non-hydrogen) atoms. The third-order valence-corrected chi connectivity index (χ3v) is 3.42. The first-order chi connectivity index (χ1) is 11.3. The number of rotatable bonds is 14. The molecule has 0 aliphatic rings. The van der Waals surface area contributed by atoms with Crippen molar-refractivity contribution in [2.45, 2.75) is 71.1 Å². The lowest BCUT2D eigenvalue weighted by atomic mass is 10.1. The maximum atomic E-state index is 10.9. The molecule has 0 bridgehead atoms. The first kappa shape index (κ1) is 21.4. The van der Waals surface area contributed by atoms with E-state index in [1.54, 1.807) is 0 Å². The van der Waals surface area contributed by atoms with Crippen LogP contribution >= 0.6 is 0 Å². The van der Waals surface area contributed by atoms with Crippen molar-refractivity contribution in [1.29, 1.82) is 0 Å². The van der Waals surface area contributed by atoms with E-state index < -0.39 is 0 Å². The van der Waals surface area contributed by atoms with Gasteiger partial charge in [0.25, 0.3) is 0 Å². The zero-order chi connectivity index (χ0) is 17.0. The molecule has 0 fully saturated rings. The quantitative estimate of drug-likeness (QED) is 0.213. The van der Waals surface area contributed by atoms with Crippen molar-refractivity contribution < 1.29 is 9.53 Å². The molecule has 0 saturated carbocycles. The van der Waals surface area contributed by atoms with Crippen LogP contribution < -0.4 is 0 Å². The summed E-state index contributed by atoms with van der Waals surface area (Å²) in [5.41, 5.74) is 0. The molecule has 0 aromatic carbocycles. The average Bonchev–Trinajstić information content (AvgIpc) is 2.57. The summed E-state index contributed by atoms with van der Waals surface area (Å²) >= 11 is 0. The smallest absolute Gasteiger partial charge is 0.305 e. The van der Waals surface area contributed by atoms with Crippen molar-refractivity contribution >= 4 is 5.97 Å². The van der Waals surface area contributed by atoms with Gasteiger partial charge in [-0.25, -0.2) is 0 Å². The predicted octanol–water partition coefficient (Wildman–Crippen LogP) is 6.31. The van der Waals surface area contributed by atoms with Crippen molar-refractivity contribution in [2.24, 2.45) is 0 Å². The summed E-state index contributed by atoms with van der Waals surface area (Å²) in [5, 5.41) is 0. The highest BCUT2D eigenvalue weighted by Gasteiger charge is 1.96. The topological polar surface area (TPSA) is 26.3 Å². The molecule has 0 aromatic heterocycles. The fourth-order valence-electron chi connectivity index (χ4n) is 2.05. The molecular formula is C21H34O2. The van der Waals surface area contributed by atoms with Gasteiger partial charge in [0, 0.05) is 6.42 Å². The zero-order valence-electron chi connectivity index (χ0n) is 15.0. The van der Waals surface area contributed by atoms with Crippen LogP contribution in [0.3, 0.4) is 0 Å². The fraction of sp³-hybridized carbons (Fsp3) is 0.571. The Morgan fingerprint density at radius 2 is 1.22 bits per heavy atom. The van der Waals surface area contributed by atoms with Gasteiger partial charge in [0.15, 0.2) is 0 Å². The van der Waals surface area contributed by atoms with Gasteiger partial charge < -0.3 is 4.74 Å². The first-order valence-corrected chi connectivity index (χ1v) is 8.98. The molecule has 0 atom stereocenters. The van der Waals surface area contributed by atoms with E-state index in [-0.39, 0.29) is 5.97 Å². The van der Waals surface area contributed by atoms with Gasteiger partial charge >= 0.3 is 5.97 Å². The Morgan fingerprint density at radius 3 is 1.78 bits per heavy atom. The van der Waals surface area contributed by atoms with Crippen LogP contribution in [0.15, 0.2) is 48.6 Å². The highest BCUT2D eigenvalue weighted by molar-refractivity contribution is 5.68. The lowest BCUT2D eigenvalue weighted by Gasteiger charge is -1.96. The third kappa shape index (κ3) is 18.4. The minimum absolute atomic E-state index is 0.113. The number of hydrogen-bond donors (Lipinski definition) is 0. The van der Waals surface area contributed by atoms with E-state index in [1.807, 2.05) is 0 Å². The molecule has 0 rings (SSSR count). The first-order valence-electron chi connectivity index (χ1n) is 8.98. The Labute approximate surface area is 143 Å². The van der Waals surface area contributed by atoms with Crippen molar-refractivity contribution in [1.82, 2.24) is 0 Å². The van der Waals surface area contributed by atoms with E-state index in [0.717, 1.165) is 38.5 Å². The molecule has 0 N–H and O–H groups in total. The van der Waals surface area contributed by atoms with Crippen LogP contribution in [-0.4, -0.2) is 13.1 Å². The number of unbranched alkanes of at least 4 members (excludes halogenated alkanes) is 4. The van der Waals surface area contributed by atoms with Gasteiger partial charge in [-0.05, 0) is 57.8 Å². The van der Waals surface area contributed by atoms with Crippen LogP contribution in [-0.2, 0) is 9.53 Å². The van der Waals surface area contributed by atoms with E-state index in [2.05, 4.69) is 60.3 Å². The summed E-state index contributed by atoms with van der Waals surface area (Å²) in [7, 11) is 1.44. The summed E-state index contributed by atoms with van der Waals surface area (Å²) in [4.78, 5) is 10.9. The molecule has 0 amide bonds. The Kier molecular flexibility index (Phi) is 17.2. The molecular weight excluding hydrogens is 284 g/mol. The summed E-state index contributed by atoms with van der Waals surface area (Å²) in [6, 6.07) is 0. The fourth-order valence-corrected chi connectivity index (χ4v) is 2.05. The number of carbonyl (C=O) groups is 1. The molecule has 0 heterocycles. The molecule has 0 aliphatic carbocycles. The monoisotopic (exact) mass is 318 g/mol. The van der Waals surface area contributed by atoms with Crippen LogP contribution in [0.4, 0.5) is 0 Å². The number of ether oxygens (including phenoxy) is 1. The number of hydrogen-bond acceptors (Lipinski definition) is 2. The van der Waals surface area contributed by atoms with Gasteiger partial charge in [-0.15, -0.1) is 0 Å². The van der Waals surface area contributed by atoms with E-state index in [4.69, 9.17) is 0 Å². The van der Waals surface area contributed by atoms with Crippen LogP contribution in [0.1, 0.15) is 71.1 Å². The van der Waals surface area contributed by atoms with Crippen LogP contribution in [0.25, 0.3) is 0 Å². The van der Waals surface area contributed by atoms with Gasteiger partial charge in [-0.1, -0.05) is 55.5 Å². The maximum absolute atomic E-state index is 10.9. The SMILES string of the molecule is CCC=CCC=CCC=CCCCC/C=C\CCCC(=O)OC. The molecule has 2 nitrogen and oxygen atoms in total. The second-order valence-corrected chi connectivity index (χ2v) is 5.52. The number of carbonyl (C=O) groups excluding carboxylic acids is 1. The van der Waals surface area contributed by atoms with Gasteiger partial charge in [-0.2, -0.15) is 0 Å². The summed E-state index contributed by atoms with van der Waals surface area (Å²) in [5.74, 6) is -0.113.